The van der Waals surface area contributed by atoms with E-state index in [1.54, 1.807) is 0 Å². The van der Waals surface area contributed by atoms with Gasteiger partial charge >= 0.3 is 0 Å². The smallest absolute Gasteiger partial charge is 0.106 e. The fourth-order valence-electron chi connectivity index (χ4n) is 0.481. The molecule has 0 saturated heterocycles. The highest BCUT2D eigenvalue weighted by Gasteiger charge is 1.86. The molecule has 0 bridgehead atoms. The van der Waals surface area contributed by atoms with Crippen LogP contribution >= 0.6 is 0 Å². The lowest BCUT2D eigenvalue weighted by Gasteiger charge is -1.95. The summed E-state index contributed by atoms with van der Waals surface area (Å²) in [6.45, 7) is 2.85. The Hall–Kier alpha value is -0.700. The van der Waals surface area contributed by atoms with Crippen molar-refractivity contribution in [2.75, 3.05) is 13.6 Å². The van der Waals surface area contributed by atoms with E-state index in [9.17, 15) is 0 Å². The van der Waals surface area contributed by atoms with Gasteiger partial charge in [-0.25, -0.2) is 4.99 Å². The molecule has 0 aromatic rings. The highest BCUT2D eigenvalue weighted by molar-refractivity contribution is 5.88. The molecule has 0 saturated carbocycles. The van der Waals surface area contributed by atoms with Crippen LogP contribution in [0.3, 0.4) is 0 Å². The topological polar surface area (TPSA) is 48.2 Å². The zero-order chi connectivity index (χ0) is 7.11. The summed E-state index contributed by atoms with van der Waals surface area (Å²) in [5.41, 5.74) is 0.999. The zero-order valence-electron chi connectivity index (χ0n) is 5.94. The second-order valence-electron chi connectivity index (χ2n) is 1.85. The summed E-state index contributed by atoms with van der Waals surface area (Å²) in [6.07, 6.45) is 2.00. The van der Waals surface area contributed by atoms with Crippen LogP contribution in [0.25, 0.3) is 0 Å². The molecular weight excluding hydrogens is 114 g/mol. The molecule has 3 heteroatoms. The normalized spacial score (nSPS) is 11.6. The van der Waals surface area contributed by atoms with E-state index < -0.39 is 0 Å². The Bertz CT molecular complexity index is 107. The first-order valence-corrected chi connectivity index (χ1v) is 2.98. The lowest BCUT2D eigenvalue weighted by Crippen LogP contribution is -2.11. The van der Waals surface area contributed by atoms with E-state index in [1.165, 1.54) is 0 Å². The van der Waals surface area contributed by atoms with Crippen molar-refractivity contribution in [3.8, 4) is 0 Å². The van der Waals surface area contributed by atoms with Gasteiger partial charge in [0.15, 0.2) is 0 Å². The molecule has 0 aromatic carbocycles. The van der Waals surface area contributed by atoms with Gasteiger partial charge in [-0.2, -0.15) is 0 Å². The van der Waals surface area contributed by atoms with Gasteiger partial charge in [0, 0.05) is 12.3 Å². The summed E-state index contributed by atoms with van der Waals surface area (Å²) < 4.78 is 0. The number of nitrogens with one attached hydrogen (secondary N) is 2. The highest BCUT2D eigenvalue weighted by atomic mass is 14.8. The van der Waals surface area contributed by atoms with Gasteiger partial charge in [-0.3, -0.25) is 5.41 Å². The lowest BCUT2D eigenvalue weighted by molar-refractivity contribution is 0.823. The molecule has 3 nitrogen and oxygen atoms in total. The van der Waals surface area contributed by atoms with Crippen LogP contribution in [0.4, 0.5) is 0 Å². The first kappa shape index (κ1) is 8.30. The molecule has 0 aliphatic heterocycles. The standard InChI is InChI=1S/C6H13N3/c1-6(9-5-7)3-4-8-2/h5,7-8H,3-4H2,1-2H3/b7-5?,9-6-. The Labute approximate surface area is 55.7 Å². The van der Waals surface area contributed by atoms with Crippen molar-refractivity contribution < 1.29 is 0 Å². The van der Waals surface area contributed by atoms with Crippen LogP contribution in [0, 0.1) is 5.41 Å². The van der Waals surface area contributed by atoms with Crippen molar-refractivity contribution in [1.82, 2.24) is 5.32 Å². The van der Waals surface area contributed by atoms with Gasteiger partial charge < -0.3 is 5.32 Å². The summed E-state index contributed by atoms with van der Waals surface area (Å²) in [5.74, 6) is 0. The van der Waals surface area contributed by atoms with Crippen molar-refractivity contribution in [3.63, 3.8) is 0 Å². The Morgan fingerprint density at radius 1 is 1.78 bits per heavy atom. The van der Waals surface area contributed by atoms with E-state index in [4.69, 9.17) is 5.41 Å². The van der Waals surface area contributed by atoms with Crippen LogP contribution in [0.2, 0.25) is 0 Å². The van der Waals surface area contributed by atoms with E-state index in [-0.39, 0.29) is 0 Å². The van der Waals surface area contributed by atoms with Crippen LogP contribution in [0.1, 0.15) is 13.3 Å². The zero-order valence-corrected chi connectivity index (χ0v) is 5.94. The number of hydrogen-bond donors (Lipinski definition) is 2. The van der Waals surface area contributed by atoms with Gasteiger partial charge in [-0.15, -0.1) is 0 Å². The van der Waals surface area contributed by atoms with Gasteiger partial charge in [0.05, 0.1) is 0 Å². The third-order valence-electron chi connectivity index (χ3n) is 1.02. The molecule has 52 valence electrons. The maximum atomic E-state index is 6.64. The summed E-state index contributed by atoms with van der Waals surface area (Å²) >= 11 is 0. The van der Waals surface area contributed by atoms with E-state index in [0.29, 0.717) is 0 Å². The van der Waals surface area contributed by atoms with E-state index in [0.717, 1.165) is 25.0 Å². The molecule has 0 rings (SSSR count). The molecule has 0 fully saturated rings. The Balaban J connectivity index is 3.36. The van der Waals surface area contributed by atoms with Crippen LogP contribution < -0.4 is 5.32 Å². The Morgan fingerprint density at radius 3 is 2.89 bits per heavy atom. The molecule has 0 radical (unpaired) electrons. The van der Waals surface area contributed by atoms with Crippen LogP contribution in [0.15, 0.2) is 4.99 Å². The molecule has 0 heterocycles. The molecule has 9 heavy (non-hydrogen) atoms. The predicted molar refractivity (Wildman–Crippen MR) is 40.4 cm³/mol. The fourth-order valence-corrected chi connectivity index (χ4v) is 0.481. The molecule has 0 aromatic heterocycles. The number of hydrogen-bond acceptors (Lipinski definition) is 2. The average Bonchev–Trinajstić information content (AvgIpc) is 1.85. The minimum absolute atomic E-state index is 0.922. The monoisotopic (exact) mass is 127 g/mol. The van der Waals surface area contributed by atoms with Gasteiger partial charge in [0.1, 0.15) is 6.34 Å². The van der Waals surface area contributed by atoms with Crippen molar-refractivity contribution in [2.45, 2.75) is 13.3 Å². The Kier molecular flexibility index (Phi) is 5.01. The second-order valence-corrected chi connectivity index (χ2v) is 1.85. The van der Waals surface area contributed by atoms with Crippen molar-refractivity contribution in [3.05, 3.63) is 0 Å². The lowest BCUT2D eigenvalue weighted by atomic mass is 10.3. The van der Waals surface area contributed by atoms with Crippen molar-refractivity contribution in [1.29, 1.82) is 5.41 Å². The van der Waals surface area contributed by atoms with E-state index in [1.807, 2.05) is 14.0 Å². The van der Waals surface area contributed by atoms with Crippen molar-refractivity contribution in [2.24, 2.45) is 4.99 Å². The minimum atomic E-state index is 0.922. The predicted octanol–water partition coefficient (Wildman–Crippen LogP) is 0.664. The molecule has 2 N–H and O–H groups in total. The number of rotatable bonds is 4. The summed E-state index contributed by atoms with van der Waals surface area (Å²) in [4.78, 5) is 3.78. The van der Waals surface area contributed by atoms with Gasteiger partial charge in [-0.1, -0.05) is 0 Å². The highest BCUT2D eigenvalue weighted by Crippen LogP contribution is 1.81. The molecular formula is C6H13N3. The van der Waals surface area contributed by atoms with Crippen LogP contribution in [-0.4, -0.2) is 25.6 Å². The SMILES string of the molecule is CNCC/C(C)=N\C=N. The van der Waals surface area contributed by atoms with Gasteiger partial charge in [0.25, 0.3) is 0 Å². The molecule has 0 aliphatic carbocycles. The van der Waals surface area contributed by atoms with Crippen LogP contribution in [-0.2, 0) is 0 Å². The van der Waals surface area contributed by atoms with Crippen molar-refractivity contribution >= 4 is 12.1 Å². The van der Waals surface area contributed by atoms with Crippen LogP contribution in [0.5, 0.6) is 0 Å². The maximum Gasteiger partial charge on any atom is 0.106 e. The molecule has 0 spiro atoms. The second kappa shape index (κ2) is 5.44. The summed E-state index contributed by atoms with van der Waals surface area (Å²) in [6, 6.07) is 0. The maximum absolute atomic E-state index is 6.64. The van der Waals surface area contributed by atoms with E-state index in [2.05, 4.69) is 10.3 Å². The fraction of sp³-hybridized carbons (Fsp3) is 0.667. The molecule has 0 aliphatic rings. The largest absolute Gasteiger partial charge is 0.319 e. The Morgan fingerprint density at radius 2 is 2.44 bits per heavy atom. The number of nitrogens with zero attached hydrogens (tertiary/aromatic N) is 1. The first-order chi connectivity index (χ1) is 4.31. The average molecular weight is 127 g/mol. The first-order valence-electron chi connectivity index (χ1n) is 2.98. The quantitative estimate of drug-likeness (QED) is 0.423. The summed E-state index contributed by atoms with van der Waals surface area (Å²) in [7, 11) is 1.90. The third kappa shape index (κ3) is 5.17. The third-order valence-corrected chi connectivity index (χ3v) is 1.02. The molecule has 0 atom stereocenters. The van der Waals surface area contributed by atoms with Gasteiger partial charge in [0.2, 0.25) is 0 Å². The number of aliphatic imine (C=N–C) groups is 1. The summed E-state index contributed by atoms with van der Waals surface area (Å²) in [5, 5.41) is 9.64. The van der Waals surface area contributed by atoms with E-state index >= 15 is 0 Å². The molecule has 0 amide bonds. The van der Waals surface area contributed by atoms with Gasteiger partial charge in [-0.05, 0) is 20.4 Å². The minimum Gasteiger partial charge on any atom is -0.319 e. The molecule has 0 unspecified atom stereocenters.